The number of aromatic nitrogens is 2. The molecule has 34 heavy (non-hydrogen) atoms. The largest absolute Gasteiger partial charge is 0.348 e. The van der Waals surface area contributed by atoms with Gasteiger partial charge in [0.1, 0.15) is 6.54 Å². The third kappa shape index (κ3) is 5.84. The zero-order chi connectivity index (χ0) is 24.0. The zero-order valence-electron chi connectivity index (χ0n) is 18.6. The molecule has 1 aromatic heterocycles. The summed E-state index contributed by atoms with van der Waals surface area (Å²) >= 11 is 1.76. The summed E-state index contributed by atoms with van der Waals surface area (Å²) in [6.45, 7) is -0.186. The van der Waals surface area contributed by atoms with Gasteiger partial charge < -0.3 is 10.3 Å². The second kappa shape index (κ2) is 10.8. The number of aryl methyl sites for hydroxylation is 1. The van der Waals surface area contributed by atoms with Gasteiger partial charge in [-0.05, 0) is 47.6 Å². The molecule has 0 spiro atoms. The van der Waals surface area contributed by atoms with Gasteiger partial charge in [0.25, 0.3) is 0 Å². The Morgan fingerprint density at radius 2 is 2.03 bits per heavy atom. The fourth-order valence-corrected chi connectivity index (χ4v) is 5.44. The number of thioether (sulfide) groups is 1. The third-order valence-corrected chi connectivity index (χ3v) is 7.24. The highest BCUT2D eigenvalue weighted by Gasteiger charge is 2.45. The molecule has 0 saturated heterocycles. The van der Waals surface area contributed by atoms with E-state index in [1.807, 2.05) is 48.7 Å². The van der Waals surface area contributed by atoms with Crippen LogP contribution in [0.2, 0.25) is 0 Å². The van der Waals surface area contributed by atoms with Crippen LogP contribution in [0.15, 0.2) is 66.0 Å². The molecule has 1 saturated carbocycles. The van der Waals surface area contributed by atoms with Crippen LogP contribution in [0.1, 0.15) is 36.4 Å². The lowest BCUT2D eigenvalue weighted by Gasteiger charge is -2.36. The zero-order valence-corrected chi connectivity index (χ0v) is 19.5. The van der Waals surface area contributed by atoms with Gasteiger partial charge in [0, 0.05) is 35.4 Å². The van der Waals surface area contributed by atoms with Crippen molar-refractivity contribution in [2.75, 3.05) is 12.3 Å². The normalized spacial score (nSPS) is 19.3. The Labute approximate surface area is 202 Å². The predicted octanol–water partition coefficient (Wildman–Crippen LogP) is 5.57. The average Bonchev–Trinajstić information content (AvgIpc) is 3.36. The van der Waals surface area contributed by atoms with E-state index in [1.54, 1.807) is 18.1 Å². The highest BCUT2D eigenvalue weighted by atomic mass is 32.2. The highest BCUT2D eigenvalue weighted by molar-refractivity contribution is 7.99. The molecule has 1 amide bonds. The van der Waals surface area contributed by atoms with Crippen LogP contribution in [0.4, 0.5) is 8.78 Å². The molecule has 1 aliphatic rings. The topological polar surface area (TPSA) is 81.6 Å². The fraction of sp³-hybridized carbons (Fsp3) is 0.346. The molecule has 2 N–H and O–H groups in total. The van der Waals surface area contributed by atoms with Crippen LogP contribution in [-0.4, -0.2) is 34.1 Å². The number of aromatic amines is 1. The molecule has 2 aromatic carbocycles. The number of H-pyrrole nitrogens is 1. The molecule has 3 aromatic rings. The van der Waals surface area contributed by atoms with Crippen LogP contribution < -0.4 is 5.32 Å². The first kappa shape index (κ1) is 24.0. The Morgan fingerprint density at radius 1 is 1.24 bits per heavy atom. The van der Waals surface area contributed by atoms with E-state index >= 15 is 0 Å². The number of nitriles is 1. The van der Waals surface area contributed by atoms with Gasteiger partial charge in [-0.3, -0.25) is 4.79 Å². The van der Waals surface area contributed by atoms with Gasteiger partial charge in [-0.25, -0.2) is 13.8 Å². The van der Waals surface area contributed by atoms with E-state index in [0.717, 1.165) is 39.5 Å². The minimum atomic E-state index is -2.88. The maximum absolute atomic E-state index is 14.2. The van der Waals surface area contributed by atoms with E-state index in [1.165, 1.54) is 0 Å². The molecule has 176 valence electrons. The Kier molecular flexibility index (Phi) is 7.63. The molecule has 1 aliphatic carbocycles. The monoisotopic (exact) mass is 480 g/mol. The van der Waals surface area contributed by atoms with Crippen molar-refractivity contribution in [3.05, 3.63) is 72.3 Å². The standard InChI is InChI=1S/C26H26F2N4OS/c27-26(28)11-9-23(24(15-26)25(33)31-13-12-29)22-4-2-1-3-21(22)18-5-7-20(8-6-18)34-14-10-19-16-30-17-32-19/h1-8,16-17,23-24H,9-11,13-15H2,(H,30,32)(H,31,33)/t23-,24+/m0/s1. The minimum Gasteiger partial charge on any atom is -0.348 e. The van der Waals surface area contributed by atoms with Crippen LogP contribution in [-0.2, 0) is 11.2 Å². The van der Waals surface area contributed by atoms with Crippen LogP contribution in [0, 0.1) is 17.2 Å². The number of alkyl halides is 2. The smallest absolute Gasteiger partial charge is 0.249 e. The summed E-state index contributed by atoms with van der Waals surface area (Å²) in [4.78, 5) is 21.0. The maximum Gasteiger partial charge on any atom is 0.249 e. The van der Waals surface area contributed by atoms with Crippen molar-refractivity contribution in [2.45, 2.75) is 42.4 Å². The lowest BCUT2D eigenvalue weighted by molar-refractivity contribution is -0.133. The third-order valence-electron chi connectivity index (χ3n) is 6.22. The first-order chi connectivity index (χ1) is 16.5. The number of imidazole rings is 1. The molecule has 1 heterocycles. The van der Waals surface area contributed by atoms with Crippen molar-refractivity contribution in [1.29, 1.82) is 5.26 Å². The van der Waals surface area contributed by atoms with E-state index in [9.17, 15) is 13.6 Å². The van der Waals surface area contributed by atoms with Crippen LogP contribution in [0.3, 0.4) is 0 Å². The summed E-state index contributed by atoms with van der Waals surface area (Å²) in [5.41, 5.74) is 3.94. The number of hydrogen-bond donors (Lipinski definition) is 2. The first-order valence-corrected chi connectivity index (χ1v) is 12.3. The summed E-state index contributed by atoms with van der Waals surface area (Å²) in [6.07, 6.45) is 3.87. The number of amides is 1. The molecular formula is C26H26F2N4OS. The molecule has 0 unspecified atom stereocenters. The number of rotatable bonds is 8. The summed E-state index contributed by atoms with van der Waals surface area (Å²) < 4.78 is 28.5. The maximum atomic E-state index is 14.2. The van der Waals surface area contributed by atoms with E-state index < -0.39 is 24.2 Å². The van der Waals surface area contributed by atoms with E-state index in [-0.39, 0.29) is 25.3 Å². The number of carbonyl (C=O) groups excluding carboxylic acids is 1. The van der Waals surface area contributed by atoms with Gasteiger partial charge in [0.05, 0.1) is 18.3 Å². The number of halogens is 2. The van der Waals surface area contributed by atoms with Crippen LogP contribution in [0.5, 0.6) is 0 Å². The van der Waals surface area contributed by atoms with Gasteiger partial charge in [0.15, 0.2) is 0 Å². The van der Waals surface area contributed by atoms with Crippen molar-refractivity contribution >= 4 is 17.7 Å². The van der Waals surface area contributed by atoms with Gasteiger partial charge in [-0.15, -0.1) is 11.8 Å². The summed E-state index contributed by atoms with van der Waals surface area (Å²) in [5, 5.41) is 11.3. The van der Waals surface area contributed by atoms with Gasteiger partial charge in [-0.2, -0.15) is 5.26 Å². The molecule has 2 atom stereocenters. The Balaban J connectivity index is 1.53. The van der Waals surface area contributed by atoms with E-state index in [2.05, 4.69) is 27.4 Å². The van der Waals surface area contributed by atoms with Crippen LogP contribution in [0.25, 0.3) is 11.1 Å². The molecule has 4 rings (SSSR count). The van der Waals surface area contributed by atoms with Crippen molar-refractivity contribution < 1.29 is 13.6 Å². The number of carbonyl (C=O) groups is 1. The SMILES string of the molecule is N#CCNC(=O)[C@@H]1CC(F)(F)CC[C@H]1c1ccccc1-c1ccc(SCCc2cnc[nH]2)cc1. The lowest BCUT2D eigenvalue weighted by atomic mass is 9.72. The van der Waals surface area contributed by atoms with Crippen molar-refractivity contribution in [2.24, 2.45) is 5.92 Å². The number of benzene rings is 2. The second-order valence-electron chi connectivity index (χ2n) is 8.47. The predicted molar refractivity (Wildman–Crippen MR) is 129 cm³/mol. The van der Waals surface area contributed by atoms with Crippen molar-refractivity contribution in [1.82, 2.24) is 15.3 Å². The minimum absolute atomic E-state index is 0.186. The Bertz CT molecular complexity index is 1140. The molecular weight excluding hydrogens is 454 g/mol. The molecule has 5 nitrogen and oxygen atoms in total. The summed E-state index contributed by atoms with van der Waals surface area (Å²) in [6, 6.07) is 17.8. The quantitative estimate of drug-likeness (QED) is 0.326. The number of nitrogens with zero attached hydrogens (tertiary/aromatic N) is 2. The van der Waals surface area contributed by atoms with Gasteiger partial charge in [0.2, 0.25) is 11.8 Å². The molecule has 0 aliphatic heterocycles. The highest BCUT2D eigenvalue weighted by Crippen LogP contribution is 2.47. The van der Waals surface area contributed by atoms with Crippen molar-refractivity contribution in [3.63, 3.8) is 0 Å². The van der Waals surface area contributed by atoms with E-state index in [0.29, 0.717) is 0 Å². The number of nitrogens with one attached hydrogen (secondary N) is 2. The van der Waals surface area contributed by atoms with Crippen LogP contribution >= 0.6 is 11.8 Å². The Morgan fingerprint density at radius 3 is 2.76 bits per heavy atom. The van der Waals surface area contributed by atoms with Gasteiger partial charge in [-0.1, -0.05) is 36.4 Å². The first-order valence-electron chi connectivity index (χ1n) is 11.3. The molecule has 0 bridgehead atoms. The molecule has 8 heteroatoms. The molecule has 0 radical (unpaired) electrons. The summed E-state index contributed by atoms with van der Waals surface area (Å²) in [5.74, 6) is -3.65. The fourth-order valence-electron chi connectivity index (χ4n) is 4.55. The molecule has 1 fully saturated rings. The van der Waals surface area contributed by atoms with Gasteiger partial charge >= 0.3 is 0 Å². The van der Waals surface area contributed by atoms with E-state index in [4.69, 9.17) is 5.26 Å². The Hall–Kier alpha value is -3.18. The van der Waals surface area contributed by atoms with Crippen molar-refractivity contribution in [3.8, 4) is 17.2 Å². The lowest BCUT2D eigenvalue weighted by Crippen LogP contribution is -2.41. The second-order valence-corrected chi connectivity index (χ2v) is 9.64. The summed E-state index contributed by atoms with van der Waals surface area (Å²) in [7, 11) is 0. The average molecular weight is 481 g/mol. The number of hydrogen-bond acceptors (Lipinski definition) is 4.